The monoisotopic (exact) mass is 338 g/mol. The molecule has 0 aromatic heterocycles. The molecule has 0 radical (unpaired) electrons. The van der Waals surface area contributed by atoms with Crippen molar-refractivity contribution in [2.75, 3.05) is 19.5 Å². The first-order valence-corrected chi connectivity index (χ1v) is 7.53. The molecule has 6 heteroatoms. The van der Waals surface area contributed by atoms with E-state index in [9.17, 15) is 14.9 Å². The Kier molecular flexibility index (Phi) is 5.75. The molecular weight excluding hydrogens is 320 g/mol. The highest BCUT2D eigenvalue weighted by Crippen LogP contribution is 2.28. The average Bonchev–Trinajstić information content (AvgIpc) is 2.61. The number of carbonyl (C=O) groups excluding carboxylic acids is 2. The number of ether oxygens (including phenoxy) is 2. The van der Waals surface area contributed by atoms with Gasteiger partial charge in [-0.15, -0.1) is 0 Å². The van der Waals surface area contributed by atoms with E-state index in [2.05, 4.69) is 5.32 Å². The Morgan fingerprint density at radius 3 is 2.40 bits per heavy atom. The average molecular weight is 338 g/mol. The maximum Gasteiger partial charge on any atom is 0.249 e. The van der Waals surface area contributed by atoms with Gasteiger partial charge in [-0.25, -0.2) is 0 Å². The Balaban J connectivity index is 2.23. The number of aryl methyl sites for hydroxylation is 1. The van der Waals surface area contributed by atoms with Crippen LogP contribution in [0.1, 0.15) is 15.9 Å². The summed E-state index contributed by atoms with van der Waals surface area (Å²) in [5.41, 5.74) is 1.69. The van der Waals surface area contributed by atoms with Gasteiger partial charge >= 0.3 is 0 Å². The molecule has 1 amide bonds. The highest BCUT2D eigenvalue weighted by molar-refractivity contribution is 6.15. The molecular formula is C19H18N2O4. The van der Waals surface area contributed by atoms with E-state index in [0.717, 1.165) is 5.56 Å². The van der Waals surface area contributed by atoms with Crippen molar-refractivity contribution in [2.24, 2.45) is 5.92 Å². The normalized spacial score (nSPS) is 11.1. The van der Waals surface area contributed by atoms with Gasteiger partial charge in [-0.2, -0.15) is 5.26 Å². The summed E-state index contributed by atoms with van der Waals surface area (Å²) < 4.78 is 10.3. The molecule has 1 atom stereocenters. The van der Waals surface area contributed by atoms with Crippen LogP contribution in [0.5, 0.6) is 11.5 Å². The maximum atomic E-state index is 12.6. The van der Waals surface area contributed by atoms with Gasteiger partial charge in [0.2, 0.25) is 5.91 Å². The smallest absolute Gasteiger partial charge is 0.249 e. The van der Waals surface area contributed by atoms with Crippen molar-refractivity contribution in [1.29, 1.82) is 5.26 Å². The zero-order chi connectivity index (χ0) is 18.4. The molecule has 0 fully saturated rings. The van der Waals surface area contributed by atoms with E-state index >= 15 is 0 Å². The van der Waals surface area contributed by atoms with Crippen molar-refractivity contribution in [3.05, 3.63) is 53.6 Å². The van der Waals surface area contributed by atoms with Gasteiger partial charge in [0.25, 0.3) is 0 Å². The molecule has 2 rings (SSSR count). The molecule has 0 saturated heterocycles. The Hall–Kier alpha value is -3.33. The van der Waals surface area contributed by atoms with Crippen molar-refractivity contribution in [2.45, 2.75) is 6.92 Å². The standard InChI is InChI=1S/C19H18N2O4/c1-12-5-4-6-14(9-12)21-19(23)15(11-20)18(22)13-7-8-16(24-2)17(10-13)25-3/h4-10,15H,1-3H3,(H,21,23)/t15-/m0/s1. The number of hydrogen-bond donors (Lipinski definition) is 1. The summed E-state index contributed by atoms with van der Waals surface area (Å²) in [6, 6.07) is 13.4. The Morgan fingerprint density at radius 1 is 1.08 bits per heavy atom. The number of methoxy groups -OCH3 is 2. The Bertz CT molecular complexity index is 840. The van der Waals surface area contributed by atoms with Crippen LogP contribution in [0, 0.1) is 24.2 Å². The fourth-order valence-corrected chi connectivity index (χ4v) is 2.33. The number of Topliss-reactive ketones (excluding diaryl/α,β-unsaturated/α-hetero) is 1. The van der Waals surface area contributed by atoms with Crippen molar-refractivity contribution in [1.82, 2.24) is 0 Å². The van der Waals surface area contributed by atoms with Crippen LogP contribution < -0.4 is 14.8 Å². The number of nitrogens with one attached hydrogen (secondary N) is 1. The van der Waals surface area contributed by atoms with Gasteiger partial charge in [-0.3, -0.25) is 9.59 Å². The molecule has 128 valence electrons. The third-order valence-electron chi connectivity index (χ3n) is 3.61. The highest BCUT2D eigenvalue weighted by atomic mass is 16.5. The summed E-state index contributed by atoms with van der Waals surface area (Å²) in [4.78, 5) is 24.9. The first kappa shape index (κ1) is 18.0. The molecule has 0 bridgehead atoms. The number of carbonyl (C=O) groups is 2. The summed E-state index contributed by atoms with van der Waals surface area (Å²) in [6.45, 7) is 1.88. The van der Waals surface area contributed by atoms with Gasteiger partial charge in [0, 0.05) is 11.3 Å². The van der Waals surface area contributed by atoms with Gasteiger partial charge in [-0.1, -0.05) is 12.1 Å². The SMILES string of the molecule is COc1ccc(C(=O)[C@H](C#N)C(=O)Nc2cccc(C)c2)cc1OC. The second kappa shape index (κ2) is 7.97. The topological polar surface area (TPSA) is 88.4 Å². The first-order chi connectivity index (χ1) is 12.0. The number of amides is 1. The lowest BCUT2D eigenvalue weighted by atomic mass is 9.97. The van der Waals surface area contributed by atoms with Crippen LogP contribution in [0.4, 0.5) is 5.69 Å². The molecule has 6 nitrogen and oxygen atoms in total. The van der Waals surface area contributed by atoms with Crippen molar-refractivity contribution in [3.8, 4) is 17.6 Å². The Morgan fingerprint density at radius 2 is 1.80 bits per heavy atom. The number of ketones is 1. The molecule has 1 N–H and O–H groups in total. The number of anilines is 1. The Labute approximate surface area is 146 Å². The zero-order valence-electron chi connectivity index (χ0n) is 14.2. The molecule has 0 unspecified atom stereocenters. The van der Waals surface area contributed by atoms with Crippen molar-refractivity contribution in [3.63, 3.8) is 0 Å². The maximum absolute atomic E-state index is 12.6. The fraction of sp³-hybridized carbons (Fsp3) is 0.211. The summed E-state index contributed by atoms with van der Waals surface area (Å²) >= 11 is 0. The number of benzene rings is 2. The van der Waals surface area contributed by atoms with E-state index in [1.165, 1.54) is 26.4 Å². The molecule has 25 heavy (non-hydrogen) atoms. The molecule has 0 saturated carbocycles. The van der Waals surface area contributed by atoms with Crippen molar-refractivity contribution < 1.29 is 19.1 Å². The van der Waals surface area contributed by atoms with Gasteiger partial charge in [-0.05, 0) is 42.8 Å². The van der Waals surface area contributed by atoms with E-state index in [1.807, 2.05) is 13.0 Å². The predicted octanol–water partition coefficient (Wildman–Crippen LogP) is 2.97. The third kappa shape index (κ3) is 4.15. The minimum Gasteiger partial charge on any atom is -0.493 e. The number of hydrogen-bond acceptors (Lipinski definition) is 5. The van der Waals surface area contributed by atoms with Crippen LogP contribution in [0.3, 0.4) is 0 Å². The highest BCUT2D eigenvalue weighted by Gasteiger charge is 2.28. The molecule has 0 spiro atoms. The quantitative estimate of drug-likeness (QED) is 0.646. The predicted molar refractivity (Wildman–Crippen MR) is 92.8 cm³/mol. The van der Waals surface area contributed by atoms with Gasteiger partial charge < -0.3 is 14.8 Å². The van der Waals surface area contributed by atoms with Crippen LogP contribution in [0.15, 0.2) is 42.5 Å². The van der Waals surface area contributed by atoms with Crippen molar-refractivity contribution >= 4 is 17.4 Å². The van der Waals surface area contributed by atoms with E-state index < -0.39 is 17.6 Å². The second-order valence-electron chi connectivity index (χ2n) is 5.35. The van der Waals surface area contributed by atoms with E-state index in [0.29, 0.717) is 17.2 Å². The molecule has 0 heterocycles. The number of rotatable bonds is 6. The third-order valence-corrected chi connectivity index (χ3v) is 3.61. The number of nitriles is 1. The van der Waals surface area contributed by atoms with Gasteiger partial charge in [0.1, 0.15) is 0 Å². The molecule has 0 aliphatic heterocycles. The zero-order valence-corrected chi connectivity index (χ0v) is 14.2. The van der Waals surface area contributed by atoms with E-state index in [-0.39, 0.29) is 5.56 Å². The second-order valence-corrected chi connectivity index (χ2v) is 5.35. The van der Waals surface area contributed by atoms with E-state index in [1.54, 1.807) is 30.3 Å². The lowest BCUT2D eigenvalue weighted by Gasteiger charge is -2.12. The van der Waals surface area contributed by atoms with Crippen LogP contribution >= 0.6 is 0 Å². The summed E-state index contributed by atoms with van der Waals surface area (Å²) in [5.74, 6) is -1.93. The summed E-state index contributed by atoms with van der Waals surface area (Å²) in [6.07, 6.45) is 0. The fourth-order valence-electron chi connectivity index (χ4n) is 2.33. The van der Waals surface area contributed by atoms with Gasteiger partial charge in [0.05, 0.1) is 20.3 Å². The molecule has 2 aromatic rings. The van der Waals surface area contributed by atoms with E-state index in [4.69, 9.17) is 9.47 Å². The lowest BCUT2D eigenvalue weighted by Crippen LogP contribution is -2.28. The number of nitrogens with zero attached hydrogens (tertiary/aromatic N) is 1. The van der Waals surface area contributed by atoms with Crippen LogP contribution in [0.25, 0.3) is 0 Å². The van der Waals surface area contributed by atoms with Gasteiger partial charge in [0.15, 0.2) is 23.2 Å². The largest absolute Gasteiger partial charge is 0.493 e. The summed E-state index contributed by atoms with van der Waals surface area (Å²) in [7, 11) is 2.92. The molecule has 2 aromatic carbocycles. The summed E-state index contributed by atoms with van der Waals surface area (Å²) in [5, 5.41) is 11.9. The first-order valence-electron chi connectivity index (χ1n) is 7.53. The molecule has 0 aliphatic rings. The minimum absolute atomic E-state index is 0.198. The lowest BCUT2D eigenvalue weighted by molar-refractivity contribution is -0.117. The van der Waals surface area contributed by atoms with Crippen LogP contribution in [-0.4, -0.2) is 25.9 Å². The van der Waals surface area contributed by atoms with Crippen LogP contribution in [0.2, 0.25) is 0 Å². The van der Waals surface area contributed by atoms with Crippen LogP contribution in [-0.2, 0) is 4.79 Å². The molecule has 0 aliphatic carbocycles. The minimum atomic E-state index is -1.46.